The smallest absolute Gasteiger partial charge is 0.230 e. The van der Waals surface area contributed by atoms with E-state index in [0.717, 1.165) is 29.3 Å². The molecule has 0 radical (unpaired) electrons. The van der Waals surface area contributed by atoms with Crippen molar-refractivity contribution in [2.45, 2.75) is 44.1 Å². The van der Waals surface area contributed by atoms with Crippen LogP contribution in [0.2, 0.25) is 0 Å². The highest BCUT2D eigenvalue weighted by molar-refractivity contribution is 9.10. The molecule has 1 amide bonds. The Morgan fingerprint density at radius 1 is 1.42 bits per heavy atom. The van der Waals surface area contributed by atoms with Crippen molar-refractivity contribution in [1.82, 2.24) is 5.32 Å². The number of halogens is 1. The molecule has 0 bridgehead atoms. The topological polar surface area (TPSA) is 49.3 Å². The Kier molecular flexibility index (Phi) is 4.63. The van der Waals surface area contributed by atoms with Gasteiger partial charge in [-0.1, -0.05) is 35.0 Å². The Morgan fingerprint density at radius 3 is 2.58 bits per heavy atom. The quantitative estimate of drug-likeness (QED) is 0.844. The first-order valence-electron chi connectivity index (χ1n) is 6.81. The summed E-state index contributed by atoms with van der Waals surface area (Å²) in [5, 5.41) is 12.4. The number of hydrogen-bond donors (Lipinski definition) is 2. The zero-order valence-electron chi connectivity index (χ0n) is 11.2. The van der Waals surface area contributed by atoms with Crippen molar-refractivity contribution in [3.63, 3.8) is 0 Å². The molecule has 1 unspecified atom stereocenters. The fraction of sp³-hybridized carbons (Fsp3) is 0.533. The third-order valence-electron chi connectivity index (χ3n) is 3.82. The van der Waals surface area contributed by atoms with Gasteiger partial charge in [-0.05, 0) is 43.4 Å². The molecule has 1 atom stereocenters. The first kappa shape index (κ1) is 14.5. The predicted octanol–water partition coefficient (Wildman–Crippen LogP) is 2.76. The normalized spacial score (nSPS) is 17.8. The molecule has 1 saturated carbocycles. The molecule has 1 aromatic rings. The maximum atomic E-state index is 12.3. The second kappa shape index (κ2) is 6.06. The minimum absolute atomic E-state index is 0.0955. The Hall–Kier alpha value is -0.870. The van der Waals surface area contributed by atoms with E-state index in [9.17, 15) is 9.90 Å². The molecular weight excluding hydrogens is 306 g/mol. The van der Waals surface area contributed by atoms with Gasteiger partial charge in [0.25, 0.3) is 0 Å². The van der Waals surface area contributed by atoms with E-state index in [0.29, 0.717) is 13.0 Å². The first-order chi connectivity index (χ1) is 9.08. The summed E-state index contributed by atoms with van der Waals surface area (Å²) < 4.78 is 1.03. The SMILES string of the molecule is CCC(O)CCNC(=O)C1(c2ccc(Br)cc2)CC1. The number of carbonyl (C=O) groups excluding carboxylic acids is 1. The van der Waals surface area contributed by atoms with Gasteiger partial charge in [-0.2, -0.15) is 0 Å². The van der Waals surface area contributed by atoms with Gasteiger partial charge in [0.2, 0.25) is 5.91 Å². The predicted molar refractivity (Wildman–Crippen MR) is 79.0 cm³/mol. The lowest BCUT2D eigenvalue weighted by atomic mass is 9.95. The van der Waals surface area contributed by atoms with Gasteiger partial charge < -0.3 is 10.4 Å². The van der Waals surface area contributed by atoms with Crippen LogP contribution >= 0.6 is 15.9 Å². The highest BCUT2D eigenvalue weighted by Crippen LogP contribution is 2.48. The van der Waals surface area contributed by atoms with E-state index in [1.54, 1.807) is 0 Å². The van der Waals surface area contributed by atoms with E-state index in [2.05, 4.69) is 21.2 Å². The first-order valence-corrected chi connectivity index (χ1v) is 7.60. The Labute approximate surface area is 122 Å². The van der Waals surface area contributed by atoms with Crippen LogP contribution in [0.4, 0.5) is 0 Å². The van der Waals surface area contributed by atoms with Gasteiger partial charge in [-0.25, -0.2) is 0 Å². The number of rotatable bonds is 6. The van der Waals surface area contributed by atoms with Crippen molar-refractivity contribution in [2.75, 3.05) is 6.54 Å². The average molecular weight is 326 g/mol. The van der Waals surface area contributed by atoms with Crippen LogP contribution in [0.1, 0.15) is 38.2 Å². The molecule has 1 aromatic carbocycles. The van der Waals surface area contributed by atoms with Crippen LogP contribution in [0.25, 0.3) is 0 Å². The monoisotopic (exact) mass is 325 g/mol. The second-order valence-corrected chi connectivity index (χ2v) is 6.11. The number of amides is 1. The van der Waals surface area contributed by atoms with Gasteiger partial charge in [-0.15, -0.1) is 0 Å². The molecule has 0 spiro atoms. The van der Waals surface area contributed by atoms with Crippen molar-refractivity contribution < 1.29 is 9.90 Å². The molecule has 0 aromatic heterocycles. The molecule has 0 aliphatic heterocycles. The number of benzene rings is 1. The van der Waals surface area contributed by atoms with Gasteiger partial charge in [-0.3, -0.25) is 4.79 Å². The lowest BCUT2D eigenvalue weighted by Gasteiger charge is -2.16. The maximum absolute atomic E-state index is 12.3. The third-order valence-corrected chi connectivity index (χ3v) is 4.34. The highest BCUT2D eigenvalue weighted by Gasteiger charge is 2.50. The van der Waals surface area contributed by atoms with Crippen LogP contribution in [0.3, 0.4) is 0 Å². The van der Waals surface area contributed by atoms with Crippen molar-refractivity contribution in [1.29, 1.82) is 0 Å². The van der Waals surface area contributed by atoms with E-state index in [1.165, 1.54) is 0 Å². The summed E-state index contributed by atoms with van der Waals surface area (Å²) in [5.41, 5.74) is 0.766. The third kappa shape index (κ3) is 3.37. The van der Waals surface area contributed by atoms with E-state index in [4.69, 9.17) is 0 Å². The van der Waals surface area contributed by atoms with Gasteiger partial charge in [0, 0.05) is 11.0 Å². The zero-order valence-corrected chi connectivity index (χ0v) is 12.7. The molecular formula is C15H20BrNO2. The summed E-state index contributed by atoms with van der Waals surface area (Å²) in [6, 6.07) is 7.97. The average Bonchev–Trinajstić information content (AvgIpc) is 3.20. The van der Waals surface area contributed by atoms with Crippen LogP contribution < -0.4 is 5.32 Å². The van der Waals surface area contributed by atoms with E-state index in [-0.39, 0.29) is 17.4 Å². The van der Waals surface area contributed by atoms with Gasteiger partial charge in [0.05, 0.1) is 11.5 Å². The van der Waals surface area contributed by atoms with Crippen LogP contribution in [0, 0.1) is 0 Å². The largest absolute Gasteiger partial charge is 0.393 e. The standard InChI is InChI=1S/C15H20BrNO2/c1-2-13(18)7-10-17-14(19)15(8-9-15)11-3-5-12(16)6-4-11/h3-6,13,18H,2,7-10H2,1H3,(H,17,19). The lowest BCUT2D eigenvalue weighted by molar-refractivity contribution is -0.123. The lowest BCUT2D eigenvalue weighted by Crippen LogP contribution is -2.36. The molecule has 0 saturated heterocycles. The molecule has 19 heavy (non-hydrogen) atoms. The van der Waals surface area contributed by atoms with Crippen molar-refractivity contribution >= 4 is 21.8 Å². The number of aliphatic hydroxyl groups excluding tert-OH is 1. The Bertz CT molecular complexity index is 440. The minimum atomic E-state index is -0.322. The second-order valence-electron chi connectivity index (χ2n) is 5.20. The summed E-state index contributed by atoms with van der Waals surface area (Å²) >= 11 is 3.41. The molecule has 1 fully saturated rings. The summed E-state index contributed by atoms with van der Waals surface area (Å²) in [7, 11) is 0. The summed E-state index contributed by atoms with van der Waals surface area (Å²) in [6.07, 6.45) is 2.86. The molecule has 2 rings (SSSR count). The highest BCUT2D eigenvalue weighted by atomic mass is 79.9. The van der Waals surface area contributed by atoms with Crippen LogP contribution in [0.5, 0.6) is 0 Å². The van der Waals surface area contributed by atoms with Crippen molar-refractivity contribution in [3.8, 4) is 0 Å². The van der Waals surface area contributed by atoms with Gasteiger partial charge in [0.1, 0.15) is 0 Å². The summed E-state index contributed by atoms with van der Waals surface area (Å²) in [6.45, 7) is 2.49. The molecule has 2 N–H and O–H groups in total. The number of aliphatic hydroxyl groups is 1. The summed E-state index contributed by atoms with van der Waals surface area (Å²) in [4.78, 5) is 12.3. The van der Waals surface area contributed by atoms with Crippen LogP contribution in [-0.2, 0) is 10.2 Å². The van der Waals surface area contributed by atoms with Crippen molar-refractivity contribution in [2.24, 2.45) is 0 Å². The molecule has 1 aliphatic carbocycles. The molecule has 3 nitrogen and oxygen atoms in total. The van der Waals surface area contributed by atoms with E-state index in [1.807, 2.05) is 31.2 Å². The molecule has 0 heterocycles. The number of nitrogens with one attached hydrogen (secondary N) is 1. The fourth-order valence-corrected chi connectivity index (χ4v) is 2.53. The Morgan fingerprint density at radius 2 is 2.05 bits per heavy atom. The van der Waals surface area contributed by atoms with Gasteiger partial charge in [0.15, 0.2) is 0 Å². The Balaban J connectivity index is 1.93. The van der Waals surface area contributed by atoms with E-state index >= 15 is 0 Å². The fourth-order valence-electron chi connectivity index (χ4n) is 2.27. The maximum Gasteiger partial charge on any atom is 0.230 e. The number of carbonyl (C=O) groups is 1. The van der Waals surface area contributed by atoms with E-state index < -0.39 is 0 Å². The number of hydrogen-bond acceptors (Lipinski definition) is 2. The van der Waals surface area contributed by atoms with Crippen LogP contribution in [-0.4, -0.2) is 23.7 Å². The molecule has 1 aliphatic rings. The summed E-state index contributed by atoms with van der Waals surface area (Å²) in [5.74, 6) is 0.0955. The van der Waals surface area contributed by atoms with Gasteiger partial charge >= 0.3 is 0 Å². The molecule has 104 valence electrons. The zero-order chi connectivity index (χ0) is 13.9. The van der Waals surface area contributed by atoms with Crippen LogP contribution in [0.15, 0.2) is 28.7 Å². The molecule has 4 heteroatoms. The van der Waals surface area contributed by atoms with Crippen molar-refractivity contribution in [3.05, 3.63) is 34.3 Å². The minimum Gasteiger partial charge on any atom is -0.393 e.